The van der Waals surface area contributed by atoms with Gasteiger partial charge in [-0.3, -0.25) is 4.79 Å². The van der Waals surface area contributed by atoms with Gasteiger partial charge in [-0.1, -0.05) is 30.3 Å². The molecule has 0 saturated carbocycles. The highest BCUT2D eigenvalue weighted by molar-refractivity contribution is 5.73. The molecule has 0 unspecified atom stereocenters. The van der Waals surface area contributed by atoms with Crippen molar-refractivity contribution in [2.75, 3.05) is 6.61 Å². The predicted octanol–water partition coefficient (Wildman–Crippen LogP) is 2.04. The lowest BCUT2D eigenvalue weighted by Crippen LogP contribution is -2.38. The third-order valence-electron chi connectivity index (χ3n) is 2.86. The number of amides is 1. The second-order valence-electron chi connectivity index (χ2n) is 4.19. The van der Waals surface area contributed by atoms with Gasteiger partial charge in [-0.15, -0.1) is 0 Å². The number of carbonyl (C=O) groups is 1. The van der Waals surface area contributed by atoms with Crippen LogP contribution in [0.4, 0.5) is 0 Å². The van der Waals surface area contributed by atoms with Crippen LogP contribution < -0.4 is 5.32 Å². The van der Waals surface area contributed by atoms with Crippen LogP contribution in [0.25, 0.3) is 0 Å². The van der Waals surface area contributed by atoms with Gasteiger partial charge in [0.15, 0.2) is 0 Å². The number of rotatable bonds is 2. The molecule has 1 heterocycles. The highest BCUT2D eigenvalue weighted by Gasteiger charge is 2.23. The molecule has 3 heteroatoms. The standard InChI is InChI=1S/C13H17NO2/c1-10(15)14-12-7-8-16-13(9-12)11-5-3-2-4-6-11/h2-6,12-13H,7-9H2,1H3,(H,14,15)/t12-,13+/m0/s1. The van der Waals surface area contributed by atoms with E-state index in [2.05, 4.69) is 17.4 Å². The molecule has 0 radical (unpaired) electrons. The molecule has 2 atom stereocenters. The highest BCUT2D eigenvalue weighted by Crippen LogP contribution is 2.27. The van der Waals surface area contributed by atoms with E-state index >= 15 is 0 Å². The molecule has 0 bridgehead atoms. The van der Waals surface area contributed by atoms with Gasteiger partial charge in [0.05, 0.1) is 6.10 Å². The summed E-state index contributed by atoms with van der Waals surface area (Å²) in [7, 11) is 0. The van der Waals surface area contributed by atoms with Gasteiger partial charge in [0.2, 0.25) is 5.91 Å². The van der Waals surface area contributed by atoms with Crippen LogP contribution in [0.1, 0.15) is 31.4 Å². The fraction of sp³-hybridized carbons (Fsp3) is 0.462. The molecule has 1 aromatic rings. The third kappa shape index (κ3) is 2.83. The molecule has 86 valence electrons. The first kappa shape index (κ1) is 11.1. The number of benzene rings is 1. The van der Waals surface area contributed by atoms with E-state index < -0.39 is 0 Å². The van der Waals surface area contributed by atoms with E-state index in [9.17, 15) is 4.79 Å². The Kier molecular flexibility index (Phi) is 3.57. The van der Waals surface area contributed by atoms with Crippen molar-refractivity contribution in [3.63, 3.8) is 0 Å². The van der Waals surface area contributed by atoms with E-state index in [-0.39, 0.29) is 18.1 Å². The first-order valence-electron chi connectivity index (χ1n) is 5.69. The van der Waals surface area contributed by atoms with E-state index in [1.807, 2.05) is 18.2 Å². The summed E-state index contributed by atoms with van der Waals surface area (Å²) in [6, 6.07) is 10.4. The molecule has 1 aliphatic rings. The molecule has 1 aliphatic heterocycles. The van der Waals surface area contributed by atoms with Crippen LogP contribution in [-0.4, -0.2) is 18.6 Å². The predicted molar refractivity (Wildman–Crippen MR) is 62.0 cm³/mol. The molecule has 1 N–H and O–H groups in total. The number of hydrogen-bond acceptors (Lipinski definition) is 2. The third-order valence-corrected chi connectivity index (χ3v) is 2.86. The summed E-state index contributed by atoms with van der Waals surface area (Å²) in [5, 5.41) is 2.96. The van der Waals surface area contributed by atoms with Crippen LogP contribution in [0.5, 0.6) is 0 Å². The zero-order valence-electron chi connectivity index (χ0n) is 9.48. The Bertz CT molecular complexity index is 350. The van der Waals surface area contributed by atoms with Crippen LogP contribution in [0, 0.1) is 0 Å². The summed E-state index contributed by atoms with van der Waals surface area (Å²) in [5.41, 5.74) is 1.19. The fourth-order valence-corrected chi connectivity index (χ4v) is 2.12. The van der Waals surface area contributed by atoms with E-state index in [0.717, 1.165) is 12.8 Å². The van der Waals surface area contributed by atoms with Gasteiger partial charge in [-0.05, 0) is 18.4 Å². The molecular formula is C13H17NO2. The summed E-state index contributed by atoms with van der Waals surface area (Å²) in [4.78, 5) is 11.0. The molecule has 0 spiro atoms. The minimum atomic E-state index is 0.0405. The van der Waals surface area contributed by atoms with Crippen molar-refractivity contribution in [1.82, 2.24) is 5.32 Å². The van der Waals surface area contributed by atoms with Crippen molar-refractivity contribution in [3.8, 4) is 0 Å². The van der Waals surface area contributed by atoms with Gasteiger partial charge in [0, 0.05) is 19.6 Å². The number of nitrogens with one attached hydrogen (secondary N) is 1. The van der Waals surface area contributed by atoms with E-state index in [1.54, 1.807) is 6.92 Å². The van der Waals surface area contributed by atoms with Gasteiger partial charge in [-0.25, -0.2) is 0 Å². The van der Waals surface area contributed by atoms with Crippen LogP contribution in [-0.2, 0) is 9.53 Å². The average Bonchev–Trinajstić information content (AvgIpc) is 2.30. The Labute approximate surface area is 95.8 Å². The van der Waals surface area contributed by atoms with Crippen molar-refractivity contribution >= 4 is 5.91 Å². The maximum Gasteiger partial charge on any atom is 0.217 e. The molecule has 16 heavy (non-hydrogen) atoms. The zero-order chi connectivity index (χ0) is 11.4. The second kappa shape index (κ2) is 5.12. The van der Waals surface area contributed by atoms with Crippen LogP contribution in [0.15, 0.2) is 30.3 Å². The highest BCUT2D eigenvalue weighted by atomic mass is 16.5. The van der Waals surface area contributed by atoms with Gasteiger partial charge in [0.25, 0.3) is 0 Å². The maximum atomic E-state index is 11.0. The topological polar surface area (TPSA) is 38.3 Å². The average molecular weight is 219 g/mol. The largest absolute Gasteiger partial charge is 0.373 e. The summed E-state index contributed by atoms with van der Waals surface area (Å²) in [6.07, 6.45) is 1.89. The first-order valence-corrected chi connectivity index (χ1v) is 5.69. The number of carbonyl (C=O) groups excluding carboxylic acids is 1. The molecule has 0 aliphatic carbocycles. The van der Waals surface area contributed by atoms with E-state index in [1.165, 1.54) is 5.56 Å². The molecule has 1 aromatic carbocycles. The van der Waals surface area contributed by atoms with E-state index in [4.69, 9.17) is 4.74 Å². The Morgan fingerprint density at radius 3 is 2.81 bits per heavy atom. The normalized spacial score (nSPS) is 25.1. The van der Waals surface area contributed by atoms with Gasteiger partial charge >= 0.3 is 0 Å². The first-order chi connectivity index (χ1) is 7.75. The number of hydrogen-bond donors (Lipinski definition) is 1. The van der Waals surface area contributed by atoms with Gasteiger partial charge < -0.3 is 10.1 Å². The lowest BCUT2D eigenvalue weighted by atomic mass is 9.97. The quantitative estimate of drug-likeness (QED) is 0.826. The molecule has 3 nitrogen and oxygen atoms in total. The van der Waals surface area contributed by atoms with Crippen LogP contribution in [0.2, 0.25) is 0 Å². The van der Waals surface area contributed by atoms with Crippen molar-refractivity contribution in [3.05, 3.63) is 35.9 Å². The minimum absolute atomic E-state index is 0.0405. The second-order valence-corrected chi connectivity index (χ2v) is 4.19. The SMILES string of the molecule is CC(=O)N[C@H]1CCO[C@@H](c2ccccc2)C1. The summed E-state index contributed by atoms with van der Waals surface area (Å²) in [6.45, 7) is 2.28. The minimum Gasteiger partial charge on any atom is -0.373 e. The molecular weight excluding hydrogens is 202 g/mol. The molecule has 0 aromatic heterocycles. The Morgan fingerprint density at radius 2 is 2.12 bits per heavy atom. The molecule has 1 saturated heterocycles. The Balaban J connectivity index is 1.99. The smallest absolute Gasteiger partial charge is 0.217 e. The zero-order valence-corrected chi connectivity index (χ0v) is 9.48. The lowest BCUT2D eigenvalue weighted by molar-refractivity contribution is -0.120. The van der Waals surface area contributed by atoms with Gasteiger partial charge in [-0.2, -0.15) is 0 Å². The monoisotopic (exact) mass is 219 g/mol. The van der Waals surface area contributed by atoms with E-state index in [0.29, 0.717) is 6.61 Å². The summed E-state index contributed by atoms with van der Waals surface area (Å²) < 4.78 is 5.72. The number of ether oxygens (including phenoxy) is 1. The van der Waals surface area contributed by atoms with Crippen molar-refractivity contribution in [1.29, 1.82) is 0 Å². The Morgan fingerprint density at radius 1 is 1.38 bits per heavy atom. The Hall–Kier alpha value is -1.35. The molecule has 1 amide bonds. The maximum absolute atomic E-state index is 11.0. The van der Waals surface area contributed by atoms with Crippen LogP contribution in [0.3, 0.4) is 0 Å². The molecule has 2 rings (SSSR count). The van der Waals surface area contributed by atoms with Crippen LogP contribution >= 0.6 is 0 Å². The van der Waals surface area contributed by atoms with Crippen molar-refractivity contribution < 1.29 is 9.53 Å². The van der Waals surface area contributed by atoms with Crippen molar-refractivity contribution in [2.24, 2.45) is 0 Å². The lowest BCUT2D eigenvalue weighted by Gasteiger charge is -2.30. The molecule has 1 fully saturated rings. The summed E-state index contributed by atoms with van der Waals surface area (Å²) in [5.74, 6) is 0.0405. The summed E-state index contributed by atoms with van der Waals surface area (Å²) >= 11 is 0. The fourth-order valence-electron chi connectivity index (χ4n) is 2.12. The van der Waals surface area contributed by atoms with Gasteiger partial charge in [0.1, 0.15) is 0 Å². The van der Waals surface area contributed by atoms with Crippen molar-refractivity contribution in [2.45, 2.75) is 31.9 Å².